The average Bonchev–Trinajstić information content (AvgIpc) is 3.24. The molecule has 1 heterocycles. The number of ether oxygens (including phenoxy) is 3. The number of fused-ring (bicyclic) bond motifs is 5. The van der Waals surface area contributed by atoms with E-state index in [1.54, 1.807) is 0 Å². The van der Waals surface area contributed by atoms with Crippen LogP contribution in [-0.2, 0) is 14.2 Å². The van der Waals surface area contributed by atoms with E-state index in [-0.39, 0.29) is 48.0 Å². The molecule has 0 bridgehead atoms. The predicted octanol–water partition coefficient (Wildman–Crippen LogP) is 1.75. The summed E-state index contributed by atoms with van der Waals surface area (Å²) in [6.45, 7) is 13.2. The first-order valence-corrected chi connectivity index (χ1v) is 16.8. The highest BCUT2D eigenvalue weighted by Crippen LogP contribution is 2.69. The summed E-state index contributed by atoms with van der Waals surface area (Å²) in [7, 11) is 1.44. The summed E-state index contributed by atoms with van der Waals surface area (Å²) in [5.74, 6) is -0.558. The van der Waals surface area contributed by atoms with E-state index >= 15 is 0 Å². The third-order valence-electron chi connectivity index (χ3n) is 13.3. The van der Waals surface area contributed by atoms with Crippen molar-refractivity contribution in [3.63, 3.8) is 0 Å². The average molecular weight is 627 g/mol. The predicted molar refractivity (Wildman–Crippen MR) is 162 cm³/mol. The van der Waals surface area contributed by atoms with Crippen molar-refractivity contribution in [2.75, 3.05) is 20.3 Å². The lowest BCUT2D eigenvalue weighted by molar-refractivity contribution is -0.280. The van der Waals surface area contributed by atoms with Crippen molar-refractivity contribution in [2.45, 2.75) is 134 Å². The minimum Gasteiger partial charge on any atom is -0.393 e. The smallest absolute Gasteiger partial charge is 0.186 e. The molecule has 4 unspecified atom stereocenters. The Balaban J connectivity index is 1.21. The largest absolute Gasteiger partial charge is 0.393 e. The van der Waals surface area contributed by atoms with Gasteiger partial charge in [-0.2, -0.15) is 0 Å². The van der Waals surface area contributed by atoms with E-state index in [1.165, 1.54) is 7.11 Å². The van der Waals surface area contributed by atoms with E-state index in [0.29, 0.717) is 25.9 Å². The van der Waals surface area contributed by atoms with Crippen LogP contribution in [0.25, 0.3) is 0 Å². The van der Waals surface area contributed by atoms with Gasteiger partial charge in [0.15, 0.2) is 6.29 Å². The second-order valence-corrected chi connectivity index (χ2v) is 15.7. The van der Waals surface area contributed by atoms with Crippen LogP contribution in [0.3, 0.4) is 0 Å². The Labute approximate surface area is 262 Å². The van der Waals surface area contributed by atoms with E-state index < -0.39 is 66.0 Å². The first-order chi connectivity index (χ1) is 20.6. The molecule has 4 aliphatic carbocycles. The van der Waals surface area contributed by atoms with Crippen LogP contribution in [-0.4, -0.2) is 111 Å². The number of aliphatic hydroxyl groups excluding tert-OH is 6. The van der Waals surface area contributed by atoms with Gasteiger partial charge < -0.3 is 50.0 Å². The Bertz CT molecular complexity index is 1030. The fourth-order valence-corrected chi connectivity index (χ4v) is 10.9. The van der Waals surface area contributed by atoms with Crippen LogP contribution < -0.4 is 0 Å². The molecule has 5 aliphatic rings. The molecule has 17 atom stereocenters. The van der Waals surface area contributed by atoms with Gasteiger partial charge in [0.25, 0.3) is 0 Å². The molecule has 1 saturated heterocycles. The summed E-state index contributed by atoms with van der Waals surface area (Å²) >= 11 is 0. The summed E-state index contributed by atoms with van der Waals surface area (Å²) < 4.78 is 16.5. The molecule has 0 aromatic heterocycles. The van der Waals surface area contributed by atoms with Crippen LogP contribution in [0.15, 0.2) is 12.2 Å². The van der Waals surface area contributed by atoms with Gasteiger partial charge in [-0.15, -0.1) is 0 Å². The van der Waals surface area contributed by atoms with E-state index in [1.807, 2.05) is 6.92 Å². The maximum atomic E-state index is 12.5. The number of aliphatic hydroxyl groups is 7. The Morgan fingerprint density at radius 2 is 1.61 bits per heavy atom. The lowest BCUT2D eigenvalue weighted by Crippen LogP contribution is -2.70. The highest BCUT2D eigenvalue weighted by atomic mass is 16.7. The van der Waals surface area contributed by atoms with Crippen LogP contribution in [0.4, 0.5) is 0 Å². The molecule has 10 nitrogen and oxygen atoms in total. The molecule has 0 aromatic carbocycles. The second-order valence-electron chi connectivity index (χ2n) is 15.7. The van der Waals surface area contributed by atoms with Crippen molar-refractivity contribution in [2.24, 2.45) is 46.3 Å². The maximum absolute atomic E-state index is 12.5. The van der Waals surface area contributed by atoms with Crippen LogP contribution in [0.5, 0.6) is 0 Å². The van der Waals surface area contributed by atoms with Crippen LogP contribution in [0, 0.1) is 46.3 Å². The lowest BCUT2D eigenvalue weighted by Gasteiger charge is -2.66. The summed E-state index contributed by atoms with van der Waals surface area (Å²) in [5, 5.41) is 77.1. The molecule has 0 aromatic rings. The Kier molecular flexibility index (Phi) is 10.0. The molecule has 5 fully saturated rings. The molecular formula is C34H58O10. The zero-order valence-corrected chi connectivity index (χ0v) is 27.2. The normalized spacial score (nSPS) is 52.0. The van der Waals surface area contributed by atoms with Crippen molar-refractivity contribution >= 4 is 0 Å². The van der Waals surface area contributed by atoms with Crippen molar-refractivity contribution in [1.82, 2.24) is 0 Å². The van der Waals surface area contributed by atoms with Gasteiger partial charge >= 0.3 is 0 Å². The first-order valence-electron chi connectivity index (χ1n) is 16.8. The summed E-state index contributed by atoms with van der Waals surface area (Å²) in [6.07, 6.45) is -2.11. The van der Waals surface area contributed by atoms with Crippen molar-refractivity contribution in [3.05, 3.63) is 12.2 Å². The first kappa shape index (κ1) is 34.7. The Hall–Kier alpha value is -0.660. The SMILES string of the molecule is C=C(CC[C@@H](C)[C@H]1C[C@@H](O)C2[C@]3(O)C[C@H](O)C4[C@@H](O)[C@@H](O)CC[C@]4(C)C3CC[C@@]21C)C(C)CO[C@@H]1OC[C@@H](O)[C@H](OC)[C@H]1O. The van der Waals surface area contributed by atoms with Gasteiger partial charge in [-0.3, -0.25) is 0 Å². The third-order valence-corrected chi connectivity index (χ3v) is 13.3. The van der Waals surface area contributed by atoms with E-state index in [0.717, 1.165) is 31.3 Å². The summed E-state index contributed by atoms with van der Waals surface area (Å²) in [5.41, 5.74) is -1.03. The Morgan fingerprint density at radius 1 is 0.932 bits per heavy atom. The van der Waals surface area contributed by atoms with Crippen LogP contribution in [0.2, 0.25) is 0 Å². The van der Waals surface area contributed by atoms with Crippen LogP contribution in [0.1, 0.15) is 79.1 Å². The standard InChI is InChI=1S/C34H58O10/c1-17(19(3)15-43-31-28(40)29(42-6)24(38)16-44-31)7-8-18(2)20-13-22(36)30-32(20,4)12-10-25-33(5)11-9-21(35)27(39)26(33)23(37)14-34(25,30)41/h18-31,35-41H,1,7-16H2,2-6H3/t18-,19?,20-,21+,22-,23+,24-,25?,26?,27+,28-,29+,30?,31-,32-,33-,34+/m1/s1. The number of methoxy groups -OCH3 is 1. The van der Waals surface area contributed by atoms with E-state index in [2.05, 4.69) is 27.4 Å². The fraction of sp³-hybridized carbons (Fsp3) is 0.941. The lowest BCUT2D eigenvalue weighted by atomic mass is 9.41. The maximum Gasteiger partial charge on any atom is 0.186 e. The molecule has 10 heteroatoms. The molecule has 0 amide bonds. The number of rotatable bonds is 9. The quantitative estimate of drug-likeness (QED) is 0.187. The number of hydrogen-bond donors (Lipinski definition) is 7. The molecule has 1 aliphatic heterocycles. The zero-order chi connectivity index (χ0) is 32.4. The van der Waals surface area contributed by atoms with Gasteiger partial charge in [0, 0.05) is 31.3 Å². The fourth-order valence-electron chi connectivity index (χ4n) is 10.9. The van der Waals surface area contributed by atoms with Gasteiger partial charge in [0.05, 0.1) is 43.2 Å². The summed E-state index contributed by atoms with van der Waals surface area (Å²) in [6, 6.07) is 0. The molecule has 4 saturated carbocycles. The third kappa shape index (κ3) is 5.63. The van der Waals surface area contributed by atoms with Gasteiger partial charge in [0.2, 0.25) is 0 Å². The van der Waals surface area contributed by atoms with Gasteiger partial charge in [-0.1, -0.05) is 39.8 Å². The molecule has 5 rings (SSSR count). The number of hydrogen-bond acceptors (Lipinski definition) is 10. The second kappa shape index (κ2) is 12.7. The van der Waals surface area contributed by atoms with Gasteiger partial charge in [0.1, 0.15) is 18.3 Å². The highest BCUT2D eigenvalue weighted by Gasteiger charge is 2.71. The zero-order valence-electron chi connectivity index (χ0n) is 27.2. The molecule has 0 spiro atoms. The molecular weight excluding hydrogens is 568 g/mol. The summed E-state index contributed by atoms with van der Waals surface area (Å²) in [4.78, 5) is 0. The minimum absolute atomic E-state index is 0.0151. The van der Waals surface area contributed by atoms with Crippen molar-refractivity contribution < 1.29 is 50.0 Å². The van der Waals surface area contributed by atoms with E-state index in [4.69, 9.17) is 14.2 Å². The molecule has 0 radical (unpaired) electrons. The molecule has 254 valence electrons. The van der Waals surface area contributed by atoms with E-state index in [9.17, 15) is 35.7 Å². The van der Waals surface area contributed by atoms with Crippen LogP contribution >= 0.6 is 0 Å². The Morgan fingerprint density at radius 3 is 2.30 bits per heavy atom. The van der Waals surface area contributed by atoms with Gasteiger partial charge in [-0.25, -0.2) is 0 Å². The minimum atomic E-state index is -1.24. The molecule has 7 N–H and O–H groups in total. The topological polar surface area (TPSA) is 169 Å². The van der Waals surface area contributed by atoms with Crippen molar-refractivity contribution in [3.8, 4) is 0 Å². The highest BCUT2D eigenvalue weighted by molar-refractivity contribution is 5.21. The van der Waals surface area contributed by atoms with Gasteiger partial charge in [-0.05, 0) is 73.5 Å². The molecule has 44 heavy (non-hydrogen) atoms. The monoisotopic (exact) mass is 626 g/mol. The van der Waals surface area contributed by atoms with Crippen molar-refractivity contribution in [1.29, 1.82) is 0 Å².